The Morgan fingerprint density at radius 3 is 1.97 bits per heavy atom. The number of thioether (sulfide) groups is 1. The van der Waals surface area contributed by atoms with Crippen LogP contribution >= 0.6 is 33.3 Å². The molecule has 0 spiro atoms. The van der Waals surface area contributed by atoms with Crippen LogP contribution < -0.4 is 21.3 Å². The van der Waals surface area contributed by atoms with E-state index in [1.165, 1.54) is 14.0 Å². The Kier molecular flexibility index (Phi) is 20.0. The van der Waals surface area contributed by atoms with Gasteiger partial charge in [0.05, 0.1) is 5.25 Å². The van der Waals surface area contributed by atoms with E-state index in [2.05, 4.69) is 21.3 Å². The van der Waals surface area contributed by atoms with Crippen molar-refractivity contribution in [2.24, 2.45) is 5.41 Å². The lowest BCUT2D eigenvalue weighted by molar-refractivity contribution is -0.155. The number of imide groups is 1. The van der Waals surface area contributed by atoms with Crippen molar-refractivity contribution in [3.05, 3.63) is 35.4 Å². The van der Waals surface area contributed by atoms with Crippen LogP contribution in [-0.2, 0) is 79.9 Å². The monoisotopic (exact) mass is 933 g/mol. The summed E-state index contributed by atoms with van der Waals surface area (Å²) in [5.74, 6) is -8.75. The van der Waals surface area contributed by atoms with Crippen LogP contribution in [-0.4, -0.2) is 142 Å². The van der Waals surface area contributed by atoms with Crippen LogP contribution in [0, 0.1) is 5.41 Å². The van der Waals surface area contributed by atoms with E-state index in [0.29, 0.717) is 12.0 Å². The molecule has 4 N–H and O–H groups in total. The van der Waals surface area contributed by atoms with E-state index in [9.17, 15) is 62.3 Å². The number of hydrogen-bond donors (Lipinski definition) is 4. The molecule has 3 rings (SSSR count). The number of carbonyl (C=O) groups excluding carboxylic acids is 13. The van der Waals surface area contributed by atoms with E-state index in [0.717, 1.165) is 64.6 Å². The van der Waals surface area contributed by atoms with Crippen molar-refractivity contribution in [3.8, 4) is 0 Å². The smallest absolute Gasteiger partial charge is 0.246 e. The zero-order valence-electron chi connectivity index (χ0n) is 35.5. The molecule has 22 heteroatoms. The summed E-state index contributed by atoms with van der Waals surface area (Å²) in [6, 6.07) is 5.14. The maximum absolute atomic E-state index is 13.8. The Hall–Kier alpha value is -5.06. The van der Waals surface area contributed by atoms with Crippen molar-refractivity contribution in [1.82, 2.24) is 26.2 Å². The predicted octanol–water partition coefficient (Wildman–Crippen LogP) is -0.186. The highest BCUT2D eigenvalue weighted by Crippen LogP contribution is 2.66. The zero-order chi connectivity index (χ0) is 47.1. The van der Waals surface area contributed by atoms with Crippen LogP contribution in [0.4, 0.5) is 0 Å². The van der Waals surface area contributed by atoms with Crippen LogP contribution in [0.3, 0.4) is 0 Å². The van der Waals surface area contributed by atoms with Gasteiger partial charge in [-0.3, -0.25) is 67.2 Å². The molecule has 2 saturated heterocycles. The van der Waals surface area contributed by atoms with Crippen molar-refractivity contribution in [2.45, 2.75) is 88.0 Å². The Balaban J connectivity index is 1.51. The number of rotatable bonds is 29. The third-order valence-electron chi connectivity index (χ3n) is 10.1. The molecule has 63 heavy (non-hydrogen) atoms. The summed E-state index contributed by atoms with van der Waals surface area (Å²) in [6.45, 7) is 2.02. The van der Waals surface area contributed by atoms with Gasteiger partial charge in [-0.15, -0.1) is 11.8 Å². The molecule has 2 heterocycles. The quantitative estimate of drug-likeness (QED) is 0.0351. The first-order valence-electron chi connectivity index (χ1n) is 19.8. The highest BCUT2D eigenvalue weighted by molar-refractivity contribution is 8.94. The third-order valence-corrected chi connectivity index (χ3v) is 14.4. The second-order valence-corrected chi connectivity index (χ2v) is 18.8. The van der Waals surface area contributed by atoms with Crippen molar-refractivity contribution in [2.75, 3.05) is 45.6 Å². The van der Waals surface area contributed by atoms with Crippen LogP contribution in [0.2, 0.25) is 0 Å². The highest BCUT2D eigenvalue weighted by Gasteiger charge is 2.57. The second kappa shape index (κ2) is 24.1. The SMILES string of the molecule is CNC(=O)CCNC(=O)CCc1ccc(CC(=O)COCC(=O)NC(CNC(=O)CCSC2CC(=O)N(CCC(=O)C3(C(C)=O)SS3)C2=O)C(=O)C(C(C)=O)(C(C)=O)C(C)=O)cc1. The van der Waals surface area contributed by atoms with Gasteiger partial charge in [0.2, 0.25) is 40.9 Å². The fourth-order valence-corrected chi connectivity index (χ4v) is 9.90. The average molecular weight is 934 g/mol. The molecule has 0 bridgehead atoms. The standard InChI is InChI=1S/C41H51N5O14S3/c1-23(47)40(24(2)48,25(3)49)38(58)30(20-44-35(55)14-17-61-31-19-37(57)46(39(31)59)16-13-32(52)41(26(4)50)62-63-41)45-36(56)22-60-21-29(51)18-28-8-6-27(7-9-28)10-11-34(54)43-15-12-33(53)42-5/h6-9,30-31H,10-22H2,1-5H3,(H,42,53)(H,43,54)(H,44,55)(H,45,56). The first-order chi connectivity index (χ1) is 29.7. The summed E-state index contributed by atoms with van der Waals surface area (Å²) < 4.78 is 4.08. The van der Waals surface area contributed by atoms with Crippen molar-refractivity contribution >= 4 is 109 Å². The van der Waals surface area contributed by atoms with Gasteiger partial charge in [-0.05, 0) is 45.2 Å². The number of amides is 6. The van der Waals surface area contributed by atoms with Gasteiger partial charge in [0.15, 0.2) is 44.6 Å². The fourth-order valence-electron chi connectivity index (χ4n) is 6.56. The van der Waals surface area contributed by atoms with Crippen LogP contribution in [0.25, 0.3) is 0 Å². The molecule has 2 atom stereocenters. The van der Waals surface area contributed by atoms with Crippen LogP contribution in [0.15, 0.2) is 24.3 Å². The molecule has 0 aliphatic carbocycles. The van der Waals surface area contributed by atoms with E-state index >= 15 is 0 Å². The molecule has 2 unspecified atom stereocenters. The number of ether oxygens (including phenoxy) is 1. The Bertz CT molecular complexity index is 1980. The molecule has 342 valence electrons. The largest absolute Gasteiger partial charge is 0.364 e. The van der Waals surface area contributed by atoms with Gasteiger partial charge in [-0.2, -0.15) is 0 Å². The Morgan fingerprint density at radius 2 is 1.40 bits per heavy atom. The predicted molar refractivity (Wildman–Crippen MR) is 231 cm³/mol. The highest BCUT2D eigenvalue weighted by atomic mass is 33.2. The minimum Gasteiger partial charge on any atom is -0.364 e. The minimum atomic E-state index is -2.78. The maximum Gasteiger partial charge on any atom is 0.246 e. The lowest BCUT2D eigenvalue weighted by Crippen LogP contribution is -2.60. The molecule has 1 aromatic carbocycles. The number of ketones is 7. The summed E-state index contributed by atoms with van der Waals surface area (Å²) in [5, 5.41) is 9.01. The van der Waals surface area contributed by atoms with E-state index in [1.807, 2.05) is 0 Å². The summed E-state index contributed by atoms with van der Waals surface area (Å²) in [5.41, 5.74) is -1.31. The van der Waals surface area contributed by atoms with Gasteiger partial charge in [-0.25, -0.2) is 0 Å². The molecule has 19 nitrogen and oxygen atoms in total. The molecular formula is C41H51N5O14S3. The lowest BCUT2D eigenvalue weighted by Gasteiger charge is -2.29. The van der Waals surface area contributed by atoms with Gasteiger partial charge in [-0.1, -0.05) is 45.9 Å². The normalized spacial score (nSPS) is 15.8. The number of carbonyl (C=O) groups is 13. The third kappa shape index (κ3) is 14.5. The van der Waals surface area contributed by atoms with Gasteiger partial charge in [0.1, 0.15) is 19.3 Å². The number of benzene rings is 1. The number of aryl methyl sites for hydroxylation is 1. The fraction of sp³-hybridized carbons (Fsp3) is 0.537. The van der Waals surface area contributed by atoms with Crippen molar-refractivity contribution < 1.29 is 67.1 Å². The zero-order valence-corrected chi connectivity index (χ0v) is 38.0. The molecule has 0 saturated carbocycles. The molecule has 0 radical (unpaired) electrons. The minimum absolute atomic E-state index is 0.0273. The van der Waals surface area contributed by atoms with E-state index in [1.54, 1.807) is 24.3 Å². The van der Waals surface area contributed by atoms with Crippen molar-refractivity contribution in [1.29, 1.82) is 0 Å². The van der Waals surface area contributed by atoms with Gasteiger partial charge in [0.25, 0.3) is 0 Å². The number of hydrogen-bond acceptors (Lipinski definition) is 17. The van der Waals surface area contributed by atoms with E-state index < -0.39 is 93.1 Å². The molecule has 2 aliphatic rings. The molecule has 2 fully saturated rings. The number of likely N-dealkylation sites (tertiary alicyclic amines) is 1. The molecule has 1 aromatic rings. The summed E-state index contributed by atoms with van der Waals surface area (Å²) in [7, 11) is 3.76. The average Bonchev–Trinajstić information content (AvgIpc) is 3.99. The summed E-state index contributed by atoms with van der Waals surface area (Å²) >= 11 is 1.01. The van der Waals surface area contributed by atoms with Gasteiger partial charge < -0.3 is 26.0 Å². The molecule has 2 aliphatic heterocycles. The van der Waals surface area contributed by atoms with E-state index in [4.69, 9.17) is 4.74 Å². The number of Topliss-reactive ketones (excluding diaryl/α,β-unsaturated/α-hetero) is 7. The summed E-state index contributed by atoms with van der Waals surface area (Å²) in [6.07, 6.45) is 0.154. The first kappa shape index (κ1) is 52.3. The number of nitrogens with one attached hydrogen (secondary N) is 4. The van der Waals surface area contributed by atoms with Crippen LogP contribution in [0.5, 0.6) is 0 Å². The van der Waals surface area contributed by atoms with Gasteiger partial charge >= 0.3 is 0 Å². The first-order valence-corrected chi connectivity index (χ1v) is 23.0. The van der Waals surface area contributed by atoms with Crippen molar-refractivity contribution in [3.63, 3.8) is 0 Å². The Labute approximate surface area is 375 Å². The summed E-state index contributed by atoms with van der Waals surface area (Å²) in [4.78, 5) is 165. The van der Waals surface area contributed by atoms with Crippen LogP contribution in [0.1, 0.15) is 70.9 Å². The topological polar surface area (TPSA) is 282 Å². The maximum atomic E-state index is 13.8. The number of nitrogens with zero attached hydrogens (tertiary/aromatic N) is 1. The second-order valence-electron chi connectivity index (χ2n) is 14.7. The lowest BCUT2D eigenvalue weighted by atomic mass is 9.71. The molecule has 6 amide bonds. The Morgan fingerprint density at radius 1 is 0.794 bits per heavy atom. The van der Waals surface area contributed by atoms with Gasteiger partial charge in [0, 0.05) is 71.0 Å². The van der Waals surface area contributed by atoms with E-state index in [-0.39, 0.29) is 80.7 Å². The molecule has 0 aromatic heterocycles. The molecular weight excluding hydrogens is 883 g/mol.